The average molecular weight is 312 g/mol. The van der Waals surface area contributed by atoms with Crippen LogP contribution in [0.1, 0.15) is 5.69 Å². The van der Waals surface area contributed by atoms with Crippen LogP contribution in [0.4, 0.5) is 11.4 Å². The molecule has 0 unspecified atom stereocenters. The molecule has 0 saturated heterocycles. The van der Waals surface area contributed by atoms with Gasteiger partial charge in [0.15, 0.2) is 0 Å². The third kappa shape index (κ3) is 3.09. The monoisotopic (exact) mass is 312 g/mol. The van der Waals surface area contributed by atoms with E-state index in [1.165, 1.54) is 24.5 Å². The molecule has 1 aromatic carbocycles. The van der Waals surface area contributed by atoms with Gasteiger partial charge in [-0.25, -0.2) is 18.1 Å². The van der Waals surface area contributed by atoms with Crippen molar-refractivity contribution in [3.05, 3.63) is 34.8 Å². The molecule has 0 aliphatic heterocycles. The summed E-state index contributed by atoms with van der Waals surface area (Å²) < 4.78 is 26.5. The van der Waals surface area contributed by atoms with E-state index in [1.807, 2.05) is 17.3 Å². The fourth-order valence-electron chi connectivity index (χ4n) is 1.82. The van der Waals surface area contributed by atoms with Gasteiger partial charge < -0.3 is 10.6 Å². The molecule has 0 saturated carbocycles. The molecule has 0 radical (unpaired) electrons. The number of aromatic nitrogens is 1. The van der Waals surface area contributed by atoms with E-state index in [1.54, 1.807) is 17.6 Å². The van der Waals surface area contributed by atoms with E-state index in [0.29, 0.717) is 17.9 Å². The molecule has 8 heteroatoms. The van der Waals surface area contributed by atoms with Gasteiger partial charge in [-0.05, 0) is 25.2 Å². The number of nitrogens with two attached hydrogens (primary N) is 1. The molecule has 0 atom stereocenters. The van der Waals surface area contributed by atoms with Gasteiger partial charge >= 0.3 is 0 Å². The van der Waals surface area contributed by atoms with Crippen molar-refractivity contribution < 1.29 is 8.42 Å². The van der Waals surface area contributed by atoms with E-state index >= 15 is 0 Å². The SMILES string of the molecule is CNS(=O)(=O)c1cc(N)ccc1N(C)Cc1cscn1. The predicted octanol–water partition coefficient (Wildman–Crippen LogP) is 1.27. The number of rotatable bonds is 5. The highest BCUT2D eigenvalue weighted by Crippen LogP contribution is 2.27. The Morgan fingerprint density at radius 1 is 1.45 bits per heavy atom. The van der Waals surface area contributed by atoms with Crippen molar-refractivity contribution in [2.24, 2.45) is 0 Å². The van der Waals surface area contributed by atoms with Crippen LogP contribution in [0.3, 0.4) is 0 Å². The number of nitrogens with zero attached hydrogens (tertiary/aromatic N) is 2. The fraction of sp³-hybridized carbons (Fsp3) is 0.250. The second-order valence-corrected chi connectivity index (χ2v) is 6.84. The first-order valence-electron chi connectivity index (χ1n) is 5.85. The van der Waals surface area contributed by atoms with Crippen LogP contribution >= 0.6 is 11.3 Å². The number of nitrogen functional groups attached to an aromatic ring is 1. The van der Waals surface area contributed by atoms with Crippen LogP contribution in [-0.2, 0) is 16.6 Å². The van der Waals surface area contributed by atoms with Crippen LogP contribution in [0, 0.1) is 0 Å². The minimum atomic E-state index is -3.56. The van der Waals surface area contributed by atoms with Crippen LogP contribution in [0.5, 0.6) is 0 Å². The van der Waals surface area contributed by atoms with E-state index in [9.17, 15) is 8.42 Å². The molecule has 108 valence electrons. The maximum atomic E-state index is 12.1. The molecule has 2 aromatic rings. The molecule has 1 heterocycles. The Morgan fingerprint density at radius 2 is 2.20 bits per heavy atom. The summed E-state index contributed by atoms with van der Waals surface area (Å²) >= 11 is 1.51. The minimum Gasteiger partial charge on any atom is -0.399 e. The molecule has 0 bridgehead atoms. The molecule has 6 nitrogen and oxygen atoms in total. The number of hydrogen-bond acceptors (Lipinski definition) is 6. The van der Waals surface area contributed by atoms with Crippen LogP contribution < -0.4 is 15.4 Å². The Morgan fingerprint density at radius 3 is 2.80 bits per heavy atom. The number of benzene rings is 1. The molecule has 0 aliphatic rings. The zero-order valence-corrected chi connectivity index (χ0v) is 12.8. The largest absolute Gasteiger partial charge is 0.399 e. The number of anilines is 2. The summed E-state index contributed by atoms with van der Waals surface area (Å²) in [6, 6.07) is 4.84. The van der Waals surface area contributed by atoms with E-state index in [4.69, 9.17) is 5.73 Å². The first-order valence-corrected chi connectivity index (χ1v) is 8.28. The topological polar surface area (TPSA) is 88.3 Å². The third-order valence-electron chi connectivity index (χ3n) is 2.84. The number of nitrogens with one attached hydrogen (secondary N) is 1. The highest BCUT2D eigenvalue weighted by molar-refractivity contribution is 7.89. The quantitative estimate of drug-likeness (QED) is 0.812. The van der Waals surface area contributed by atoms with Gasteiger partial charge in [0.2, 0.25) is 10.0 Å². The van der Waals surface area contributed by atoms with Crippen molar-refractivity contribution in [3.63, 3.8) is 0 Å². The van der Waals surface area contributed by atoms with Gasteiger partial charge in [-0.15, -0.1) is 11.3 Å². The highest BCUT2D eigenvalue weighted by atomic mass is 32.2. The summed E-state index contributed by atoms with van der Waals surface area (Å²) in [5.74, 6) is 0. The molecule has 1 aromatic heterocycles. The number of thiazole rings is 1. The zero-order chi connectivity index (χ0) is 14.8. The van der Waals surface area contributed by atoms with Crippen molar-refractivity contribution in [2.75, 3.05) is 24.7 Å². The molecule has 0 aliphatic carbocycles. The van der Waals surface area contributed by atoms with Gasteiger partial charge in [0.25, 0.3) is 0 Å². The van der Waals surface area contributed by atoms with E-state index in [-0.39, 0.29) is 4.90 Å². The second kappa shape index (κ2) is 5.78. The summed E-state index contributed by atoms with van der Waals surface area (Å²) in [4.78, 5) is 6.19. The molecular formula is C12H16N4O2S2. The third-order valence-corrected chi connectivity index (χ3v) is 4.91. The summed E-state index contributed by atoms with van der Waals surface area (Å²) in [6.07, 6.45) is 0. The summed E-state index contributed by atoms with van der Waals surface area (Å²) in [5.41, 5.74) is 9.32. The Hall–Kier alpha value is -1.64. The lowest BCUT2D eigenvalue weighted by Crippen LogP contribution is -2.24. The van der Waals surface area contributed by atoms with Gasteiger partial charge in [-0.2, -0.15) is 0 Å². The normalized spacial score (nSPS) is 11.5. The second-order valence-electron chi connectivity index (χ2n) is 4.27. The van der Waals surface area contributed by atoms with Crippen molar-refractivity contribution in [2.45, 2.75) is 11.4 Å². The maximum absolute atomic E-state index is 12.1. The molecule has 2 rings (SSSR count). The Bertz CT molecular complexity index is 683. The predicted molar refractivity (Wildman–Crippen MR) is 81.3 cm³/mol. The minimum absolute atomic E-state index is 0.165. The van der Waals surface area contributed by atoms with E-state index < -0.39 is 10.0 Å². The highest BCUT2D eigenvalue weighted by Gasteiger charge is 2.19. The van der Waals surface area contributed by atoms with E-state index in [0.717, 1.165) is 5.69 Å². The first-order chi connectivity index (χ1) is 9.44. The van der Waals surface area contributed by atoms with Gasteiger partial charge in [-0.1, -0.05) is 0 Å². The molecule has 0 spiro atoms. The lowest BCUT2D eigenvalue weighted by atomic mass is 10.2. The molecular weight excluding hydrogens is 296 g/mol. The fourth-order valence-corrected chi connectivity index (χ4v) is 3.37. The summed E-state index contributed by atoms with van der Waals surface area (Å²) in [6.45, 7) is 0.527. The Kier molecular flexibility index (Phi) is 4.26. The van der Waals surface area contributed by atoms with Gasteiger partial charge in [0.05, 0.1) is 23.4 Å². The lowest BCUT2D eigenvalue weighted by Gasteiger charge is -2.21. The van der Waals surface area contributed by atoms with Crippen molar-refractivity contribution in [3.8, 4) is 0 Å². The van der Waals surface area contributed by atoms with Gasteiger partial charge in [0.1, 0.15) is 4.90 Å². The summed E-state index contributed by atoms with van der Waals surface area (Å²) in [5, 5.41) is 1.93. The van der Waals surface area contributed by atoms with Crippen LogP contribution in [-0.4, -0.2) is 27.5 Å². The Labute approximate surface area is 122 Å². The molecule has 3 N–H and O–H groups in total. The van der Waals surface area contributed by atoms with Crippen LogP contribution in [0.2, 0.25) is 0 Å². The van der Waals surface area contributed by atoms with E-state index in [2.05, 4.69) is 9.71 Å². The molecule has 20 heavy (non-hydrogen) atoms. The Balaban J connectivity index is 2.41. The lowest BCUT2D eigenvalue weighted by molar-refractivity contribution is 0.588. The summed E-state index contributed by atoms with van der Waals surface area (Å²) in [7, 11) is -0.368. The van der Waals surface area contributed by atoms with Crippen molar-refractivity contribution >= 4 is 32.7 Å². The van der Waals surface area contributed by atoms with Crippen LogP contribution in [0.25, 0.3) is 0 Å². The molecule has 0 fully saturated rings. The standard InChI is InChI=1S/C12H16N4O2S2/c1-14-20(17,18)12-5-9(13)3-4-11(12)16(2)6-10-7-19-8-15-10/h3-5,7-8,14H,6,13H2,1-2H3. The number of sulfonamides is 1. The molecule has 0 amide bonds. The maximum Gasteiger partial charge on any atom is 0.242 e. The van der Waals surface area contributed by atoms with Gasteiger partial charge in [-0.3, -0.25) is 0 Å². The van der Waals surface area contributed by atoms with Gasteiger partial charge in [0, 0.05) is 18.1 Å². The smallest absolute Gasteiger partial charge is 0.242 e. The van der Waals surface area contributed by atoms with Crippen molar-refractivity contribution in [1.29, 1.82) is 0 Å². The number of hydrogen-bond donors (Lipinski definition) is 2. The zero-order valence-electron chi connectivity index (χ0n) is 11.2. The first kappa shape index (κ1) is 14.8. The van der Waals surface area contributed by atoms with Crippen molar-refractivity contribution in [1.82, 2.24) is 9.71 Å². The van der Waals surface area contributed by atoms with Crippen LogP contribution in [0.15, 0.2) is 34.0 Å². The average Bonchev–Trinajstić information content (AvgIpc) is 2.91.